The number of rotatable bonds is 3. The van der Waals surface area contributed by atoms with Crippen molar-refractivity contribution < 1.29 is 4.79 Å². The van der Waals surface area contributed by atoms with Gasteiger partial charge in [-0.2, -0.15) is 0 Å². The van der Waals surface area contributed by atoms with E-state index < -0.39 is 0 Å². The van der Waals surface area contributed by atoms with Gasteiger partial charge in [0.15, 0.2) is 0 Å². The average molecular weight is 355 g/mol. The second-order valence-corrected chi connectivity index (χ2v) is 7.70. The number of hydrogen-bond donors (Lipinski definition) is 1. The Kier molecular flexibility index (Phi) is 6.81. The number of benzene rings is 1. The first-order chi connectivity index (χ1) is 10.7. The van der Waals surface area contributed by atoms with E-state index in [1.54, 1.807) is 11.8 Å². The third-order valence-electron chi connectivity index (χ3n) is 5.29. The summed E-state index contributed by atoms with van der Waals surface area (Å²) in [6.07, 6.45) is 4.95. The van der Waals surface area contributed by atoms with Crippen LogP contribution in [0, 0.1) is 12.3 Å². The Labute approximate surface area is 150 Å². The molecule has 1 aromatic rings. The van der Waals surface area contributed by atoms with Gasteiger partial charge in [-0.15, -0.1) is 24.2 Å². The van der Waals surface area contributed by atoms with E-state index in [9.17, 15) is 4.79 Å². The number of piperidine rings is 2. The third kappa shape index (κ3) is 4.65. The Balaban J connectivity index is 0.00000192. The minimum Gasteiger partial charge on any atom is -0.342 e. The fraction of sp³-hybridized carbons (Fsp3) is 0.611. The maximum atomic E-state index is 12.4. The largest absolute Gasteiger partial charge is 0.342 e. The summed E-state index contributed by atoms with van der Waals surface area (Å²) in [6.45, 7) is 6.31. The van der Waals surface area contributed by atoms with Crippen LogP contribution in [-0.4, -0.2) is 42.7 Å². The van der Waals surface area contributed by atoms with Crippen molar-refractivity contribution in [3.8, 4) is 0 Å². The zero-order valence-corrected chi connectivity index (χ0v) is 15.5. The lowest BCUT2D eigenvalue weighted by Gasteiger charge is -2.44. The van der Waals surface area contributed by atoms with Gasteiger partial charge in [-0.1, -0.05) is 18.2 Å². The minimum absolute atomic E-state index is 0. The van der Waals surface area contributed by atoms with Crippen LogP contribution in [0.4, 0.5) is 0 Å². The summed E-state index contributed by atoms with van der Waals surface area (Å²) in [5.41, 5.74) is 1.78. The molecule has 3 nitrogen and oxygen atoms in total. The molecular weight excluding hydrogens is 328 g/mol. The van der Waals surface area contributed by atoms with Gasteiger partial charge >= 0.3 is 0 Å². The van der Waals surface area contributed by atoms with Crippen molar-refractivity contribution in [1.29, 1.82) is 0 Å². The van der Waals surface area contributed by atoms with E-state index in [1.165, 1.54) is 36.1 Å². The number of nitrogens with zero attached hydrogens (tertiary/aromatic N) is 1. The zero-order chi connectivity index (χ0) is 15.4. The molecule has 0 radical (unpaired) electrons. The molecule has 0 atom stereocenters. The smallest absolute Gasteiger partial charge is 0.232 e. The molecule has 128 valence electrons. The van der Waals surface area contributed by atoms with Gasteiger partial charge in [0.05, 0.1) is 5.75 Å². The summed E-state index contributed by atoms with van der Waals surface area (Å²) in [5.74, 6) is 0.872. The summed E-state index contributed by atoms with van der Waals surface area (Å²) in [4.78, 5) is 15.8. The first kappa shape index (κ1) is 18.6. The Morgan fingerprint density at radius 2 is 1.83 bits per heavy atom. The molecule has 1 N–H and O–H groups in total. The second kappa shape index (κ2) is 8.41. The number of carbonyl (C=O) groups excluding carboxylic acids is 1. The molecule has 2 fully saturated rings. The molecule has 1 spiro atoms. The summed E-state index contributed by atoms with van der Waals surface area (Å²) in [7, 11) is 0. The van der Waals surface area contributed by atoms with Crippen molar-refractivity contribution in [2.45, 2.75) is 37.5 Å². The van der Waals surface area contributed by atoms with Crippen LogP contribution in [0.25, 0.3) is 0 Å². The van der Waals surface area contributed by atoms with Crippen LogP contribution in [0.3, 0.4) is 0 Å². The number of carbonyl (C=O) groups is 1. The molecule has 23 heavy (non-hydrogen) atoms. The highest BCUT2D eigenvalue weighted by molar-refractivity contribution is 8.00. The predicted octanol–water partition coefficient (Wildman–Crippen LogP) is 3.50. The van der Waals surface area contributed by atoms with Crippen molar-refractivity contribution in [3.63, 3.8) is 0 Å². The van der Waals surface area contributed by atoms with Crippen molar-refractivity contribution in [2.24, 2.45) is 5.41 Å². The zero-order valence-electron chi connectivity index (χ0n) is 13.8. The van der Waals surface area contributed by atoms with Gasteiger partial charge in [-0.25, -0.2) is 0 Å². The van der Waals surface area contributed by atoms with Crippen LogP contribution in [0.1, 0.15) is 31.2 Å². The lowest BCUT2D eigenvalue weighted by atomic mass is 9.71. The van der Waals surface area contributed by atoms with Gasteiger partial charge in [0.2, 0.25) is 5.91 Å². The van der Waals surface area contributed by atoms with Crippen LogP contribution in [0.2, 0.25) is 0 Å². The molecule has 2 saturated heterocycles. The van der Waals surface area contributed by atoms with E-state index in [-0.39, 0.29) is 12.4 Å². The first-order valence-corrected chi connectivity index (χ1v) is 9.34. The molecular formula is C18H27ClN2OS. The molecule has 5 heteroatoms. The highest BCUT2D eigenvalue weighted by Gasteiger charge is 2.36. The summed E-state index contributed by atoms with van der Waals surface area (Å²) < 4.78 is 0. The number of nitrogens with one attached hydrogen (secondary N) is 1. The minimum atomic E-state index is 0. The Morgan fingerprint density at radius 1 is 1.17 bits per heavy atom. The van der Waals surface area contributed by atoms with Gasteiger partial charge < -0.3 is 10.2 Å². The molecule has 3 rings (SSSR count). The van der Waals surface area contributed by atoms with Crippen molar-refractivity contribution in [1.82, 2.24) is 10.2 Å². The van der Waals surface area contributed by atoms with E-state index in [0.717, 1.165) is 26.2 Å². The highest BCUT2D eigenvalue weighted by atomic mass is 35.5. The van der Waals surface area contributed by atoms with E-state index in [0.29, 0.717) is 17.1 Å². The number of amides is 1. The monoisotopic (exact) mass is 354 g/mol. The maximum Gasteiger partial charge on any atom is 0.232 e. The predicted molar refractivity (Wildman–Crippen MR) is 99.5 cm³/mol. The van der Waals surface area contributed by atoms with Gasteiger partial charge in [-0.05, 0) is 62.7 Å². The van der Waals surface area contributed by atoms with Crippen molar-refractivity contribution in [3.05, 3.63) is 29.8 Å². The van der Waals surface area contributed by atoms with Crippen molar-refractivity contribution in [2.75, 3.05) is 31.9 Å². The van der Waals surface area contributed by atoms with E-state index >= 15 is 0 Å². The van der Waals surface area contributed by atoms with Crippen LogP contribution >= 0.6 is 24.2 Å². The Morgan fingerprint density at radius 3 is 2.48 bits per heavy atom. The Hall–Kier alpha value is -0.710. The summed E-state index contributed by atoms with van der Waals surface area (Å²) >= 11 is 1.67. The van der Waals surface area contributed by atoms with E-state index in [4.69, 9.17) is 0 Å². The quantitative estimate of drug-likeness (QED) is 0.843. The fourth-order valence-electron chi connectivity index (χ4n) is 3.64. The van der Waals surface area contributed by atoms with Crippen molar-refractivity contribution >= 4 is 30.1 Å². The SMILES string of the molecule is Cc1ccccc1SCC(=O)N1CCC2(CCNCC2)CC1.Cl. The first-order valence-electron chi connectivity index (χ1n) is 8.36. The normalized spacial score (nSPS) is 20.1. The number of halogens is 1. The molecule has 0 saturated carbocycles. The number of likely N-dealkylation sites (tertiary alicyclic amines) is 1. The summed E-state index contributed by atoms with van der Waals surface area (Å²) in [5, 5.41) is 3.45. The highest BCUT2D eigenvalue weighted by Crippen LogP contribution is 2.39. The van der Waals surface area contributed by atoms with Gasteiger partial charge in [-0.3, -0.25) is 4.79 Å². The average Bonchev–Trinajstić information content (AvgIpc) is 2.55. The van der Waals surface area contributed by atoms with E-state index in [2.05, 4.69) is 29.3 Å². The van der Waals surface area contributed by atoms with Crippen LogP contribution in [-0.2, 0) is 4.79 Å². The maximum absolute atomic E-state index is 12.4. The lowest BCUT2D eigenvalue weighted by Crippen LogP contribution is -2.47. The van der Waals surface area contributed by atoms with Crippen LogP contribution in [0.5, 0.6) is 0 Å². The van der Waals surface area contributed by atoms with Gasteiger partial charge in [0.1, 0.15) is 0 Å². The second-order valence-electron chi connectivity index (χ2n) is 6.68. The lowest BCUT2D eigenvalue weighted by molar-refractivity contribution is -0.130. The molecule has 0 aliphatic carbocycles. The topological polar surface area (TPSA) is 32.3 Å². The summed E-state index contributed by atoms with van der Waals surface area (Å²) in [6, 6.07) is 8.30. The number of aryl methyl sites for hydroxylation is 1. The van der Waals surface area contributed by atoms with Gasteiger partial charge in [0.25, 0.3) is 0 Å². The van der Waals surface area contributed by atoms with E-state index in [1.807, 2.05) is 12.1 Å². The fourth-order valence-corrected chi connectivity index (χ4v) is 4.57. The standard InChI is InChI=1S/C18H26N2OS.ClH/c1-15-4-2-3-5-16(15)22-14-17(21)20-12-8-18(9-13-20)6-10-19-11-7-18;/h2-5,19H,6-14H2,1H3;1H. The number of hydrogen-bond acceptors (Lipinski definition) is 3. The molecule has 2 heterocycles. The van der Waals surface area contributed by atoms with Crippen LogP contribution in [0.15, 0.2) is 29.2 Å². The Bertz CT molecular complexity index is 522. The molecule has 1 amide bonds. The molecule has 2 aliphatic heterocycles. The third-order valence-corrected chi connectivity index (χ3v) is 6.45. The molecule has 0 aromatic heterocycles. The molecule has 1 aromatic carbocycles. The molecule has 0 bridgehead atoms. The molecule has 0 unspecified atom stereocenters. The van der Waals surface area contributed by atoms with Gasteiger partial charge in [0, 0.05) is 18.0 Å². The molecule has 2 aliphatic rings. The van der Waals surface area contributed by atoms with Crippen LogP contribution < -0.4 is 5.32 Å². The number of thioether (sulfide) groups is 1.